The number of ketones is 1. The standard InChI is InChI=1S/C13H8N4OS/c18-11-10-13(8-5-16-17-9(8)6-15-10)19-12(11)7-2-1-3-14-4-7/h1-5,12H,6H2. The number of allylic oxidation sites excluding steroid dienone is 1. The molecule has 0 saturated carbocycles. The molecule has 4 heterocycles. The highest BCUT2D eigenvalue weighted by molar-refractivity contribution is 8.06. The van der Waals surface area contributed by atoms with Crippen molar-refractivity contribution in [1.82, 2.24) is 4.98 Å². The number of rotatable bonds is 1. The van der Waals surface area contributed by atoms with E-state index in [1.165, 1.54) is 11.8 Å². The molecule has 4 rings (SSSR count). The van der Waals surface area contributed by atoms with E-state index in [9.17, 15) is 4.79 Å². The van der Waals surface area contributed by atoms with Crippen LogP contribution in [0.5, 0.6) is 0 Å². The molecule has 1 fully saturated rings. The monoisotopic (exact) mass is 268 g/mol. The summed E-state index contributed by atoms with van der Waals surface area (Å²) in [6.45, 7) is 0.445. The van der Waals surface area contributed by atoms with E-state index < -0.39 is 0 Å². The molecule has 19 heavy (non-hydrogen) atoms. The fraction of sp³-hybridized carbons (Fsp3) is 0.154. The van der Waals surface area contributed by atoms with Gasteiger partial charge in [0, 0.05) is 22.9 Å². The summed E-state index contributed by atoms with van der Waals surface area (Å²) in [5.41, 5.74) is 3.29. The number of hydrogen-bond acceptors (Lipinski definition) is 6. The highest BCUT2D eigenvalue weighted by Crippen LogP contribution is 2.46. The minimum atomic E-state index is -0.247. The zero-order valence-corrected chi connectivity index (χ0v) is 10.6. The molecule has 0 aliphatic carbocycles. The third-order valence-corrected chi connectivity index (χ3v) is 4.59. The van der Waals surface area contributed by atoms with Crippen molar-refractivity contribution in [2.45, 2.75) is 5.25 Å². The van der Waals surface area contributed by atoms with Gasteiger partial charge in [0.2, 0.25) is 0 Å². The van der Waals surface area contributed by atoms with Crippen LogP contribution in [0.25, 0.3) is 0 Å². The average molecular weight is 268 g/mol. The smallest absolute Gasteiger partial charge is 0.199 e. The SMILES string of the molecule is O=C1C2=NCC3=NN=CC3=C2SC1c1cccnc1. The summed E-state index contributed by atoms with van der Waals surface area (Å²) < 4.78 is 0. The van der Waals surface area contributed by atoms with E-state index in [0.717, 1.165) is 21.8 Å². The van der Waals surface area contributed by atoms with Gasteiger partial charge in [0.15, 0.2) is 5.78 Å². The van der Waals surface area contributed by atoms with Gasteiger partial charge in [-0.25, -0.2) is 0 Å². The van der Waals surface area contributed by atoms with Gasteiger partial charge in [-0.15, -0.1) is 11.8 Å². The largest absolute Gasteiger partial charge is 0.291 e. The second-order valence-electron chi connectivity index (χ2n) is 4.35. The lowest BCUT2D eigenvalue weighted by molar-refractivity contribution is -0.112. The van der Waals surface area contributed by atoms with Crippen LogP contribution >= 0.6 is 11.8 Å². The van der Waals surface area contributed by atoms with Gasteiger partial charge in [-0.2, -0.15) is 10.2 Å². The van der Waals surface area contributed by atoms with Crippen molar-refractivity contribution in [2.24, 2.45) is 15.2 Å². The van der Waals surface area contributed by atoms with E-state index in [1.54, 1.807) is 18.6 Å². The van der Waals surface area contributed by atoms with Gasteiger partial charge >= 0.3 is 0 Å². The molecule has 1 saturated heterocycles. The zero-order valence-electron chi connectivity index (χ0n) is 9.78. The number of aliphatic imine (C=N–C) groups is 1. The number of Topliss-reactive ketones (excluding diaryl/α,β-unsaturated/α-hetero) is 1. The summed E-state index contributed by atoms with van der Waals surface area (Å²) in [5.74, 6) is 0.0554. The van der Waals surface area contributed by atoms with Gasteiger partial charge in [0.05, 0.1) is 18.5 Å². The first-order chi connectivity index (χ1) is 9.34. The summed E-state index contributed by atoms with van der Waals surface area (Å²) in [5, 5.41) is 7.68. The van der Waals surface area contributed by atoms with Crippen LogP contribution in [0.1, 0.15) is 10.8 Å². The van der Waals surface area contributed by atoms with Gasteiger partial charge in [0.1, 0.15) is 11.0 Å². The molecule has 5 nitrogen and oxygen atoms in total. The van der Waals surface area contributed by atoms with E-state index in [-0.39, 0.29) is 11.0 Å². The Balaban J connectivity index is 1.81. The highest BCUT2D eigenvalue weighted by Gasteiger charge is 2.41. The van der Waals surface area contributed by atoms with Gasteiger partial charge in [-0.1, -0.05) is 6.07 Å². The Kier molecular flexibility index (Phi) is 2.25. The molecule has 1 aromatic heterocycles. The molecule has 1 atom stereocenters. The van der Waals surface area contributed by atoms with Gasteiger partial charge in [-0.05, 0) is 11.6 Å². The predicted octanol–water partition coefficient (Wildman–Crippen LogP) is 1.59. The molecule has 0 amide bonds. The van der Waals surface area contributed by atoms with Crippen LogP contribution in [0.2, 0.25) is 0 Å². The Morgan fingerprint density at radius 3 is 3.16 bits per heavy atom. The Morgan fingerprint density at radius 1 is 1.37 bits per heavy atom. The van der Waals surface area contributed by atoms with Crippen LogP contribution in [0.15, 0.2) is 50.2 Å². The quantitative estimate of drug-likeness (QED) is 0.776. The van der Waals surface area contributed by atoms with E-state index in [2.05, 4.69) is 20.2 Å². The Hall–Kier alpha value is -2.08. The topological polar surface area (TPSA) is 67.0 Å². The summed E-state index contributed by atoms with van der Waals surface area (Å²) in [6.07, 6.45) is 5.15. The number of dihydropyridines is 1. The average Bonchev–Trinajstić information content (AvgIpc) is 3.04. The van der Waals surface area contributed by atoms with Crippen molar-refractivity contribution in [1.29, 1.82) is 0 Å². The molecule has 0 spiro atoms. The van der Waals surface area contributed by atoms with Crippen LogP contribution in [0.3, 0.4) is 0 Å². The molecule has 3 aliphatic heterocycles. The predicted molar refractivity (Wildman–Crippen MR) is 74.8 cm³/mol. The van der Waals surface area contributed by atoms with Gasteiger partial charge in [-0.3, -0.25) is 14.8 Å². The van der Waals surface area contributed by atoms with Crippen molar-refractivity contribution in [3.05, 3.63) is 40.6 Å². The molecule has 1 unspecified atom stereocenters. The van der Waals surface area contributed by atoms with Crippen LogP contribution in [-0.4, -0.2) is 34.9 Å². The molecular weight excluding hydrogens is 260 g/mol. The Labute approximate surface area is 113 Å². The molecule has 0 radical (unpaired) electrons. The van der Waals surface area contributed by atoms with Crippen LogP contribution in [0, 0.1) is 0 Å². The minimum absolute atomic E-state index is 0.0554. The maximum Gasteiger partial charge on any atom is 0.199 e. The first-order valence-corrected chi connectivity index (χ1v) is 6.73. The first kappa shape index (κ1) is 10.8. The number of thioether (sulfide) groups is 1. The lowest BCUT2D eigenvalue weighted by atomic mass is 10.0. The van der Waals surface area contributed by atoms with E-state index in [1.807, 2.05) is 12.1 Å². The first-order valence-electron chi connectivity index (χ1n) is 5.85. The van der Waals surface area contributed by atoms with Crippen molar-refractivity contribution < 1.29 is 4.79 Å². The lowest BCUT2D eigenvalue weighted by Gasteiger charge is -2.08. The molecule has 0 aromatic carbocycles. The molecule has 1 aromatic rings. The second-order valence-corrected chi connectivity index (χ2v) is 5.46. The molecule has 6 heteroatoms. The molecule has 0 bridgehead atoms. The van der Waals surface area contributed by atoms with Gasteiger partial charge in [0.25, 0.3) is 0 Å². The van der Waals surface area contributed by atoms with Crippen LogP contribution in [-0.2, 0) is 4.79 Å². The summed E-state index contributed by atoms with van der Waals surface area (Å²) >= 11 is 1.52. The number of fused-ring (bicyclic) bond motifs is 2. The maximum absolute atomic E-state index is 12.4. The normalized spacial score (nSPS) is 24.2. The fourth-order valence-corrected chi connectivity index (χ4v) is 3.60. The van der Waals surface area contributed by atoms with Crippen molar-refractivity contribution in [3.8, 4) is 0 Å². The number of hydrogen-bond donors (Lipinski definition) is 0. The molecular formula is C13H8N4OS. The summed E-state index contributed by atoms with van der Waals surface area (Å²) in [4.78, 5) is 21.8. The third-order valence-electron chi connectivity index (χ3n) is 3.22. The van der Waals surface area contributed by atoms with Crippen molar-refractivity contribution in [2.75, 3.05) is 6.54 Å². The zero-order chi connectivity index (χ0) is 12.8. The molecule has 92 valence electrons. The van der Waals surface area contributed by atoms with E-state index >= 15 is 0 Å². The molecule has 0 N–H and O–H groups in total. The number of carbonyl (C=O) groups is 1. The minimum Gasteiger partial charge on any atom is -0.291 e. The van der Waals surface area contributed by atoms with E-state index in [4.69, 9.17) is 0 Å². The summed E-state index contributed by atoms with van der Waals surface area (Å²) in [6, 6.07) is 3.76. The van der Waals surface area contributed by atoms with E-state index in [0.29, 0.717) is 12.3 Å². The number of carbonyl (C=O) groups excluding carboxylic acids is 1. The number of aromatic nitrogens is 1. The van der Waals surface area contributed by atoms with Gasteiger partial charge < -0.3 is 0 Å². The Bertz CT molecular complexity index is 703. The number of pyridine rings is 1. The van der Waals surface area contributed by atoms with Crippen molar-refractivity contribution in [3.63, 3.8) is 0 Å². The van der Waals surface area contributed by atoms with Crippen molar-refractivity contribution >= 4 is 35.2 Å². The third kappa shape index (κ3) is 1.53. The Morgan fingerprint density at radius 2 is 2.32 bits per heavy atom. The van der Waals surface area contributed by atoms with Crippen LogP contribution in [0.4, 0.5) is 0 Å². The summed E-state index contributed by atoms with van der Waals surface area (Å²) in [7, 11) is 0. The lowest BCUT2D eigenvalue weighted by Crippen LogP contribution is -2.21. The highest BCUT2D eigenvalue weighted by atomic mass is 32.2. The molecule has 3 aliphatic rings. The second kappa shape index (κ2) is 3.96. The number of nitrogens with zero attached hydrogens (tertiary/aromatic N) is 4. The van der Waals surface area contributed by atoms with Crippen LogP contribution < -0.4 is 0 Å². The fourth-order valence-electron chi connectivity index (χ4n) is 2.30. The maximum atomic E-state index is 12.4.